The molecule has 37 heavy (non-hydrogen) atoms. The number of imidazole rings is 1. The van der Waals surface area contributed by atoms with Gasteiger partial charge in [0.15, 0.2) is 0 Å². The van der Waals surface area contributed by atoms with Crippen LogP contribution in [0.15, 0.2) is 59.2 Å². The number of aromatic amines is 1. The Kier molecular flexibility index (Phi) is 4.42. The molecule has 11 nitrogen and oxygen atoms in total. The highest BCUT2D eigenvalue weighted by molar-refractivity contribution is 6.31. The Bertz CT molecular complexity index is 1830. The van der Waals surface area contributed by atoms with Gasteiger partial charge in [-0.3, -0.25) is 9.36 Å². The molecule has 0 saturated heterocycles. The Morgan fingerprint density at radius 3 is 2.68 bits per heavy atom. The van der Waals surface area contributed by atoms with Gasteiger partial charge >= 0.3 is 0 Å². The number of fused-ring (bicyclic) bond motifs is 3. The van der Waals surface area contributed by atoms with Gasteiger partial charge in [0.05, 0.1) is 22.9 Å². The van der Waals surface area contributed by atoms with Crippen molar-refractivity contribution < 1.29 is 8.78 Å². The molecule has 7 rings (SSSR count). The number of halogens is 3. The lowest BCUT2D eigenvalue weighted by Crippen LogP contribution is -2.26. The lowest BCUT2D eigenvalue weighted by atomic mass is 10.1. The number of nitrogens with one attached hydrogen (secondary N) is 1. The van der Waals surface area contributed by atoms with Crippen molar-refractivity contribution >= 4 is 17.4 Å². The predicted molar refractivity (Wildman–Crippen MR) is 127 cm³/mol. The van der Waals surface area contributed by atoms with Crippen LogP contribution < -0.4 is 11.3 Å². The summed E-state index contributed by atoms with van der Waals surface area (Å²) in [7, 11) is 0. The number of tetrazole rings is 1. The smallest absolute Gasteiger partial charge is 0.255 e. The van der Waals surface area contributed by atoms with Gasteiger partial charge in [0.1, 0.15) is 35.5 Å². The Balaban J connectivity index is 1.33. The van der Waals surface area contributed by atoms with Gasteiger partial charge in [0.25, 0.3) is 5.56 Å². The third kappa shape index (κ3) is 3.27. The first-order chi connectivity index (χ1) is 17.9. The van der Waals surface area contributed by atoms with Crippen LogP contribution in [0.2, 0.25) is 5.02 Å². The van der Waals surface area contributed by atoms with E-state index in [1.165, 1.54) is 33.8 Å². The minimum Gasteiger partial charge on any atom is -0.384 e. The number of benzene rings is 1. The van der Waals surface area contributed by atoms with Crippen molar-refractivity contribution in [1.29, 1.82) is 0 Å². The highest BCUT2D eigenvalue weighted by Crippen LogP contribution is 2.53. The summed E-state index contributed by atoms with van der Waals surface area (Å²) in [4.78, 5) is 28.5. The topological polar surface area (TPSA) is 146 Å². The lowest BCUT2D eigenvalue weighted by Gasteiger charge is -2.15. The quantitative estimate of drug-likeness (QED) is 0.273. The molecular formula is C23H13ClF2N10O. The normalized spacial score (nSPS) is 17.4. The number of allylic oxidation sites excluding steroid dienone is 2. The molecule has 0 fully saturated rings. The van der Waals surface area contributed by atoms with Gasteiger partial charge in [-0.2, -0.15) is 13.5 Å². The molecule has 0 amide bonds. The number of nitrogens with two attached hydrogens (primary N) is 1. The molecule has 2 atom stereocenters. The van der Waals surface area contributed by atoms with Gasteiger partial charge < -0.3 is 10.7 Å². The molecule has 0 bridgehead atoms. The Morgan fingerprint density at radius 2 is 1.89 bits per heavy atom. The highest BCUT2D eigenvalue weighted by Gasteiger charge is 2.47. The molecule has 1 aliphatic heterocycles. The first-order valence-corrected chi connectivity index (χ1v) is 11.3. The van der Waals surface area contributed by atoms with E-state index in [0.717, 1.165) is 5.57 Å². The molecule has 5 aromatic rings. The lowest BCUT2D eigenvalue weighted by molar-refractivity contribution is 0.569. The van der Waals surface area contributed by atoms with Gasteiger partial charge in [-0.25, -0.2) is 15.0 Å². The number of hydrogen-bond acceptors (Lipinski definition) is 8. The van der Waals surface area contributed by atoms with Crippen LogP contribution in [0.4, 0.5) is 14.6 Å². The first kappa shape index (κ1) is 21.5. The molecule has 0 saturated carbocycles. The fourth-order valence-corrected chi connectivity index (χ4v) is 4.85. The molecular weight excluding hydrogens is 506 g/mol. The first-order valence-electron chi connectivity index (χ1n) is 10.9. The maximum atomic E-state index is 14.8. The van der Waals surface area contributed by atoms with Gasteiger partial charge in [-0.05, 0) is 46.3 Å². The van der Waals surface area contributed by atoms with Crippen LogP contribution in [0.3, 0.4) is 0 Å². The Morgan fingerprint density at radius 1 is 1.03 bits per heavy atom. The van der Waals surface area contributed by atoms with E-state index in [1.54, 1.807) is 18.2 Å². The molecule has 2 aliphatic rings. The Hall–Kier alpha value is -4.78. The predicted octanol–water partition coefficient (Wildman–Crippen LogP) is 2.81. The third-order valence-electron chi connectivity index (χ3n) is 6.35. The number of H-pyrrole nitrogens is 1. The number of hydrogen-bond donors (Lipinski definition) is 2. The van der Waals surface area contributed by atoms with Crippen LogP contribution in [-0.2, 0) is 0 Å². The van der Waals surface area contributed by atoms with E-state index in [4.69, 9.17) is 22.3 Å². The maximum Gasteiger partial charge on any atom is 0.255 e. The van der Waals surface area contributed by atoms with Gasteiger partial charge in [-0.1, -0.05) is 17.7 Å². The standard InChI is InChI=1S/C23H13ClF2N10O/c24-9-1-3-15(35-8-28-33-34-35)13(5-9)14-7-17(37)36-19(11-6-12(11)23(36)29-14)22-31-18(21(26)32-22)10-2-4-16(27)30-20(10)25/h1-8,12,19H,(H2,27,30)(H,31,32). The van der Waals surface area contributed by atoms with Crippen molar-refractivity contribution in [1.82, 2.24) is 44.7 Å². The molecule has 2 unspecified atom stereocenters. The van der Waals surface area contributed by atoms with Crippen molar-refractivity contribution in [3.8, 4) is 28.2 Å². The fourth-order valence-electron chi connectivity index (χ4n) is 4.68. The number of pyridine rings is 1. The average Bonchev–Trinajstić information content (AvgIpc) is 3.17. The van der Waals surface area contributed by atoms with E-state index in [1.807, 2.05) is 6.08 Å². The minimum absolute atomic E-state index is 0.0338. The van der Waals surface area contributed by atoms with Crippen LogP contribution in [0.5, 0.6) is 0 Å². The summed E-state index contributed by atoms with van der Waals surface area (Å²) in [6.45, 7) is 0. The second kappa shape index (κ2) is 7.61. The number of aromatic nitrogens is 9. The zero-order chi connectivity index (χ0) is 25.4. The third-order valence-corrected chi connectivity index (χ3v) is 6.58. The van der Waals surface area contributed by atoms with E-state index in [-0.39, 0.29) is 34.4 Å². The highest BCUT2D eigenvalue weighted by atomic mass is 35.5. The summed E-state index contributed by atoms with van der Waals surface area (Å²) in [5.74, 6) is -1.48. The van der Waals surface area contributed by atoms with E-state index in [2.05, 4.69) is 30.5 Å². The minimum atomic E-state index is -0.937. The molecule has 14 heteroatoms. The second-order valence-electron chi connectivity index (χ2n) is 8.53. The maximum absolute atomic E-state index is 14.8. The zero-order valence-electron chi connectivity index (χ0n) is 18.5. The number of nitrogen functional groups attached to an aromatic ring is 1. The summed E-state index contributed by atoms with van der Waals surface area (Å²) in [6, 6.07) is 8.41. The zero-order valence-corrected chi connectivity index (χ0v) is 19.2. The molecule has 1 aromatic carbocycles. The SMILES string of the molecule is Nc1ccc(-c2[nH]c(C3C4=CC4c4nc(-c5cc(Cl)ccc5-n5cnnn5)cc(=O)n43)nc2F)c(F)n1. The van der Waals surface area contributed by atoms with Crippen LogP contribution in [0.1, 0.15) is 23.6 Å². The molecule has 0 radical (unpaired) electrons. The van der Waals surface area contributed by atoms with Gasteiger partial charge in [-0.15, -0.1) is 5.10 Å². The largest absolute Gasteiger partial charge is 0.384 e. The Labute approximate surface area is 210 Å². The van der Waals surface area contributed by atoms with Crippen molar-refractivity contribution in [3.63, 3.8) is 0 Å². The van der Waals surface area contributed by atoms with Gasteiger partial charge in [0.2, 0.25) is 11.9 Å². The summed E-state index contributed by atoms with van der Waals surface area (Å²) in [5.41, 5.74) is 7.18. The summed E-state index contributed by atoms with van der Waals surface area (Å²) in [6.07, 6.45) is 3.34. The van der Waals surface area contributed by atoms with Crippen molar-refractivity contribution in [3.05, 3.63) is 93.3 Å². The van der Waals surface area contributed by atoms with E-state index < -0.39 is 17.9 Å². The van der Waals surface area contributed by atoms with E-state index >= 15 is 0 Å². The van der Waals surface area contributed by atoms with E-state index in [0.29, 0.717) is 27.8 Å². The van der Waals surface area contributed by atoms with Crippen molar-refractivity contribution in [2.24, 2.45) is 0 Å². The van der Waals surface area contributed by atoms with Crippen LogP contribution in [0, 0.1) is 11.9 Å². The monoisotopic (exact) mass is 518 g/mol. The summed E-state index contributed by atoms with van der Waals surface area (Å²) < 4.78 is 32.1. The van der Waals surface area contributed by atoms with Crippen LogP contribution in [0.25, 0.3) is 28.2 Å². The summed E-state index contributed by atoms with van der Waals surface area (Å²) in [5, 5.41) is 11.7. The number of nitrogens with zero attached hydrogens (tertiary/aromatic N) is 8. The van der Waals surface area contributed by atoms with Gasteiger partial charge in [0, 0.05) is 16.7 Å². The molecule has 1 aliphatic carbocycles. The van der Waals surface area contributed by atoms with Crippen LogP contribution in [-0.4, -0.2) is 44.7 Å². The molecule has 5 heterocycles. The van der Waals surface area contributed by atoms with E-state index in [9.17, 15) is 13.6 Å². The molecule has 182 valence electrons. The van der Waals surface area contributed by atoms with Crippen molar-refractivity contribution in [2.45, 2.75) is 12.0 Å². The number of rotatable bonds is 4. The number of anilines is 1. The second-order valence-corrected chi connectivity index (χ2v) is 8.97. The average molecular weight is 519 g/mol. The molecule has 4 aromatic heterocycles. The fraction of sp³-hybridized carbons (Fsp3) is 0.0870. The molecule has 0 spiro atoms. The molecule has 3 N–H and O–H groups in total. The summed E-state index contributed by atoms with van der Waals surface area (Å²) >= 11 is 6.24. The van der Waals surface area contributed by atoms with Crippen LogP contribution >= 0.6 is 11.6 Å². The van der Waals surface area contributed by atoms with Crippen molar-refractivity contribution in [2.75, 3.05) is 5.73 Å².